The summed E-state index contributed by atoms with van der Waals surface area (Å²) in [6, 6.07) is 9.30. The third kappa shape index (κ3) is 2.83. The SMILES string of the molecule is Cc1ccccc1C[C@H](C(=O)O)N1C(=O)c2ccc(C(=O)O)cc2C1=O. The summed E-state index contributed by atoms with van der Waals surface area (Å²) in [4.78, 5) is 48.8. The van der Waals surface area contributed by atoms with Gasteiger partial charge in [-0.25, -0.2) is 9.59 Å². The Morgan fingerprint density at radius 3 is 2.27 bits per heavy atom. The topological polar surface area (TPSA) is 112 Å². The van der Waals surface area contributed by atoms with E-state index in [0.717, 1.165) is 11.6 Å². The second-order valence-electron chi connectivity index (χ2n) is 6.03. The highest BCUT2D eigenvalue weighted by atomic mass is 16.4. The Bertz CT molecular complexity index is 949. The van der Waals surface area contributed by atoms with Crippen molar-refractivity contribution in [3.63, 3.8) is 0 Å². The van der Waals surface area contributed by atoms with Gasteiger partial charge in [-0.2, -0.15) is 0 Å². The zero-order chi connectivity index (χ0) is 19.0. The van der Waals surface area contributed by atoms with Gasteiger partial charge < -0.3 is 10.2 Å². The van der Waals surface area contributed by atoms with Crippen LogP contribution in [0.1, 0.15) is 42.2 Å². The summed E-state index contributed by atoms with van der Waals surface area (Å²) in [7, 11) is 0. The van der Waals surface area contributed by atoms with Crippen molar-refractivity contribution in [1.82, 2.24) is 4.90 Å². The fourth-order valence-electron chi connectivity index (χ4n) is 3.01. The zero-order valence-corrected chi connectivity index (χ0v) is 13.8. The quantitative estimate of drug-likeness (QED) is 0.795. The molecule has 1 atom stereocenters. The summed E-state index contributed by atoms with van der Waals surface area (Å²) >= 11 is 0. The van der Waals surface area contributed by atoms with E-state index < -0.39 is 29.8 Å². The van der Waals surface area contributed by atoms with E-state index in [0.29, 0.717) is 10.5 Å². The third-order valence-corrected chi connectivity index (χ3v) is 4.44. The van der Waals surface area contributed by atoms with Gasteiger partial charge in [0, 0.05) is 6.42 Å². The van der Waals surface area contributed by atoms with Crippen molar-refractivity contribution in [1.29, 1.82) is 0 Å². The lowest BCUT2D eigenvalue weighted by Gasteiger charge is -2.23. The molecule has 2 amide bonds. The van der Waals surface area contributed by atoms with Crippen LogP contribution in [0.4, 0.5) is 0 Å². The summed E-state index contributed by atoms with van der Waals surface area (Å²) in [6.07, 6.45) is -0.0285. The molecule has 0 aliphatic carbocycles. The van der Waals surface area contributed by atoms with Crippen LogP contribution in [0, 0.1) is 6.92 Å². The number of carboxylic acids is 2. The molecule has 1 aliphatic heterocycles. The first-order valence-corrected chi connectivity index (χ1v) is 7.83. The molecule has 7 heteroatoms. The van der Waals surface area contributed by atoms with E-state index in [2.05, 4.69) is 0 Å². The standard InChI is InChI=1S/C19H15NO6/c1-10-4-2-3-5-11(10)9-15(19(25)26)20-16(21)13-7-6-12(18(23)24)8-14(13)17(20)22/h2-8,15H,9H2,1H3,(H,23,24)(H,25,26)/t15-/m1/s1. The molecule has 0 saturated carbocycles. The zero-order valence-electron chi connectivity index (χ0n) is 13.8. The Hall–Kier alpha value is -3.48. The number of benzene rings is 2. The number of imide groups is 1. The van der Waals surface area contributed by atoms with Crippen molar-refractivity contribution in [3.05, 3.63) is 70.3 Å². The van der Waals surface area contributed by atoms with Gasteiger partial charge in [0.2, 0.25) is 0 Å². The number of aryl methyl sites for hydroxylation is 1. The van der Waals surface area contributed by atoms with E-state index in [4.69, 9.17) is 5.11 Å². The van der Waals surface area contributed by atoms with Gasteiger partial charge in [-0.15, -0.1) is 0 Å². The first-order chi connectivity index (χ1) is 12.3. The van der Waals surface area contributed by atoms with Gasteiger partial charge >= 0.3 is 11.9 Å². The molecule has 0 bridgehead atoms. The second kappa shape index (κ2) is 6.44. The Morgan fingerprint density at radius 2 is 1.65 bits per heavy atom. The minimum Gasteiger partial charge on any atom is -0.480 e. The molecule has 0 aromatic heterocycles. The molecule has 2 aromatic rings. The van der Waals surface area contributed by atoms with E-state index in [1.807, 2.05) is 19.1 Å². The van der Waals surface area contributed by atoms with Crippen LogP contribution in [0.2, 0.25) is 0 Å². The molecule has 2 aromatic carbocycles. The molecule has 26 heavy (non-hydrogen) atoms. The van der Waals surface area contributed by atoms with Crippen LogP contribution < -0.4 is 0 Å². The van der Waals surface area contributed by atoms with Gasteiger partial charge in [0.05, 0.1) is 16.7 Å². The lowest BCUT2D eigenvalue weighted by atomic mass is 10.00. The highest BCUT2D eigenvalue weighted by molar-refractivity contribution is 6.23. The average Bonchev–Trinajstić information content (AvgIpc) is 2.85. The van der Waals surface area contributed by atoms with E-state index in [1.165, 1.54) is 12.1 Å². The second-order valence-corrected chi connectivity index (χ2v) is 6.03. The minimum atomic E-state index is -1.38. The van der Waals surface area contributed by atoms with Crippen LogP contribution in [0.5, 0.6) is 0 Å². The van der Waals surface area contributed by atoms with Crippen molar-refractivity contribution < 1.29 is 29.4 Å². The summed E-state index contributed by atoms with van der Waals surface area (Å²) < 4.78 is 0. The summed E-state index contributed by atoms with van der Waals surface area (Å²) in [6.45, 7) is 1.82. The largest absolute Gasteiger partial charge is 0.480 e. The van der Waals surface area contributed by atoms with Gasteiger partial charge in [-0.1, -0.05) is 24.3 Å². The first-order valence-electron chi connectivity index (χ1n) is 7.83. The summed E-state index contributed by atoms with van der Waals surface area (Å²) in [5.41, 5.74) is 1.34. The minimum absolute atomic E-state index is 0.0102. The third-order valence-electron chi connectivity index (χ3n) is 4.44. The first kappa shape index (κ1) is 17.3. The number of rotatable bonds is 5. The van der Waals surface area contributed by atoms with Crippen LogP contribution in [-0.2, 0) is 11.2 Å². The van der Waals surface area contributed by atoms with E-state index in [1.54, 1.807) is 12.1 Å². The Morgan fingerprint density at radius 1 is 1.00 bits per heavy atom. The van der Waals surface area contributed by atoms with Gasteiger partial charge in [0.25, 0.3) is 11.8 Å². The number of aromatic carboxylic acids is 1. The molecular formula is C19H15NO6. The number of amides is 2. The number of fused-ring (bicyclic) bond motifs is 1. The maximum absolute atomic E-state index is 12.7. The molecule has 0 fully saturated rings. The molecule has 0 saturated heterocycles. The monoisotopic (exact) mass is 353 g/mol. The molecule has 3 rings (SSSR count). The normalized spacial score (nSPS) is 14.3. The number of nitrogens with zero attached hydrogens (tertiary/aromatic N) is 1. The number of carbonyl (C=O) groups is 4. The predicted octanol–water partition coefficient (Wildman–Crippen LogP) is 1.99. The average molecular weight is 353 g/mol. The van der Waals surface area contributed by atoms with E-state index in [9.17, 15) is 24.3 Å². The van der Waals surface area contributed by atoms with E-state index >= 15 is 0 Å². The molecule has 1 heterocycles. The summed E-state index contributed by atoms with van der Waals surface area (Å²) in [5, 5.41) is 18.7. The van der Waals surface area contributed by atoms with Crippen molar-refractivity contribution in [2.24, 2.45) is 0 Å². The lowest BCUT2D eigenvalue weighted by Crippen LogP contribution is -2.46. The van der Waals surface area contributed by atoms with Gasteiger partial charge in [-0.05, 0) is 36.2 Å². The number of hydrogen-bond donors (Lipinski definition) is 2. The van der Waals surface area contributed by atoms with Crippen molar-refractivity contribution in [3.8, 4) is 0 Å². The Labute approximate surface area is 148 Å². The van der Waals surface area contributed by atoms with Gasteiger partial charge in [0.1, 0.15) is 6.04 Å². The lowest BCUT2D eigenvalue weighted by molar-refractivity contribution is -0.141. The maximum Gasteiger partial charge on any atom is 0.335 e. The molecule has 132 valence electrons. The maximum atomic E-state index is 12.7. The molecule has 0 unspecified atom stereocenters. The van der Waals surface area contributed by atoms with Gasteiger partial charge in [-0.3, -0.25) is 14.5 Å². The fraction of sp³-hybridized carbons (Fsp3) is 0.158. The number of carbonyl (C=O) groups excluding carboxylic acids is 2. The van der Waals surface area contributed by atoms with Crippen LogP contribution in [0.15, 0.2) is 42.5 Å². The number of hydrogen-bond acceptors (Lipinski definition) is 4. The van der Waals surface area contributed by atoms with Crippen LogP contribution in [0.3, 0.4) is 0 Å². The van der Waals surface area contributed by atoms with Gasteiger partial charge in [0.15, 0.2) is 0 Å². The number of carboxylic acid groups (broad SMARTS) is 2. The van der Waals surface area contributed by atoms with Crippen molar-refractivity contribution in [2.75, 3.05) is 0 Å². The van der Waals surface area contributed by atoms with Crippen molar-refractivity contribution >= 4 is 23.8 Å². The molecule has 0 radical (unpaired) electrons. The highest BCUT2D eigenvalue weighted by Gasteiger charge is 2.43. The van der Waals surface area contributed by atoms with Crippen LogP contribution in [-0.4, -0.2) is 44.9 Å². The van der Waals surface area contributed by atoms with Crippen LogP contribution >= 0.6 is 0 Å². The Kier molecular flexibility index (Phi) is 4.29. The highest BCUT2D eigenvalue weighted by Crippen LogP contribution is 2.27. The predicted molar refractivity (Wildman–Crippen MR) is 90.2 cm³/mol. The molecule has 2 N–H and O–H groups in total. The fourth-order valence-corrected chi connectivity index (χ4v) is 3.01. The van der Waals surface area contributed by atoms with E-state index in [-0.39, 0.29) is 23.1 Å². The van der Waals surface area contributed by atoms with Crippen LogP contribution in [0.25, 0.3) is 0 Å². The molecule has 7 nitrogen and oxygen atoms in total. The molecule has 0 spiro atoms. The number of aliphatic carboxylic acids is 1. The summed E-state index contributed by atoms with van der Waals surface area (Å²) in [5.74, 6) is -4.07. The van der Waals surface area contributed by atoms with Crippen molar-refractivity contribution in [2.45, 2.75) is 19.4 Å². The molecular weight excluding hydrogens is 338 g/mol. The smallest absolute Gasteiger partial charge is 0.335 e. The Balaban J connectivity index is 2.00. The molecule has 1 aliphatic rings.